The maximum absolute atomic E-state index is 13.1. The predicted molar refractivity (Wildman–Crippen MR) is 151 cm³/mol. The number of ether oxygens (including phenoxy) is 3. The lowest BCUT2D eigenvalue weighted by Crippen LogP contribution is -2.40. The number of hydrogen-bond donors (Lipinski definition) is 2. The van der Waals surface area contributed by atoms with E-state index in [1.54, 1.807) is 18.2 Å². The molecule has 0 atom stereocenters. The van der Waals surface area contributed by atoms with Crippen LogP contribution >= 0.6 is 0 Å². The molecule has 0 bridgehead atoms. The van der Waals surface area contributed by atoms with Crippen LogP contribution in [-0.4, -0.2) is 58.4 Å². The quantitative estimate of drug-likeness (QED) is 0.149. The molecule has 0 fully saturated rings. The van der Waals surface area contributed by atoms with E-state index in [1.807, 2.05) is 17.8 Å². The van der Waals surface area contributed by atoms with Gasteiger partial charge in [-0.2, -0.15) is 13.2 Å². The lowest BCUT2D eigenvalue weighted by atomic mass is 10.1. The van der Waals surface area contributed by atoms with Crippen molar-refractivity contribution in [2.24, 2.45) is 7.05 Å². The highest BCUT2D eigenvalue weighted by Gasteiger charge is 2.43. The number of amides is 2. The first-order valence-electron chi connectivity index (χ1n) is 13.1. The van der Waals surface area contributed by atoms with E-state index in [-0.39, 0.29) is 16.3 Å². The van der Waals surface area contributed by atoms with Crippen LogP contribution in [0.1, 0.15) is 5.56 Å². The Kier molecular flexibility index (Phi) is 8.34. The van der Waals surface area contributed by atoms with Crippen molar-refractivity contribution in [2.75, 3.05) is 19.5 Å². The number of benzene rings is 2. The average molecular weight is 652 g/mol. The zero-order valence-corrected chi connectivity index (χ0v) is 24.0. The van der Waals surface area contributed by atoms with Crippen molar-refractivity contribution in [1.29, 1.82) is 0 Å². The van der Waals surface area contributed by atoms with Crippen molar-refractivity contribution in [3.63, 3.8) is 0 Å². The fraction of sp³-hybridized carbons (Fsp3) is 0.207. The number of nitrogens with one attached hydrogen (secondary N) is 2. The smallest absolute Gasteiger partial charge is 0.493 e. The molecule has 3 aromatic heterocycles. The van der Waals surface area contributed by atoms with Gasteiger partial charge in [0, 0.05) is 53.2 Å². The number of alkyl halides is 6. The Morgan fingerprint density at radius 1 is 0.957 bits per heavy atom. The largest absolute Gasteiger partial charge is 0.573 e. The van der Waals surface area contributed by atoms with Crippen LogP contribution in [0.5, 0.6) is 17.2 Å². The number of hydroxylamine groups is 2. The summed E-state index contributed by atoms with van der Waals surface area (Å²) in [6.45, 7) is -0.667. The summed E-state index contributed by atoms with van der Waals surface area (Å²) in [7, 11) is 4.83. The number of aryl methyl sites for hydroxylation is 1. The van der Waals surface area contributed by atoms with Gasteiger partial charge in [0.2, 0.25) is 0 Å². The molecule has 0 aliphatic heterocycles. The number of H-pyrrole nitrogens is 1. The zero-order chi connectivity index (χ0) is 33.4. The molecule has 5 aromatic rings. The van der Waals surface area contributed by atoms with E-state index < -0.39 is 36.8 Å². The summed E-state index contributed by atoms with van der Waals surface area (Å²) in [5.41, 5.74) is 2.52. The summed E-state index contributed by atoms with van der Waals surface area (Å²) in [6.07, 6.45) is -7.23. The Labute approximate surface area is 255 Å². The van der Waals surface area contributed by atoms with E-state index in [2.05, 4.69) is 24.9 Å². The molecule has 2 aromatic carbocycles. The SMILES string of the molecule is COc1cc2c(-c3cc4c(CN(OC(=O)C(F)(F)F)C(=O)Nc5ccc(OC(F)(F)F)cc5)ccnc4[nH]3)cn(C)c2cc1OC. The molecular weight excluding hydrogens is 628 g/mol. The minimum absolute atomic E-state index is 0.126. The number of rotatable bonds is 7. The number of fused-ring (bicyclic) bond motifs is 2. The highest BCUT2D eigenvalue weighted by Crippen LogP contribution is 2.39. The zero-order valence-electron chi connectivity index (χ0n) is 24.0. The van der Waals surface area contributed by atoms with Gasteiger partial charge in [-0.05, 0) is 48.0 Å². The summed E-state index contributed by atoms with van der Waals surface area (Å²) in [6, 6.07) is 9.13. The molecule has 0 saturated carbocycles. The molecule has 17 heteroatoms. The summed E-state index contributed by atoms with van der Waals surface area (Å²) < 4.78 is 93.2. The van der Waals surface area contributed by atoms with E-state index in [4.69, 9.17) is 9.47 Å². The summed E-state index contributed by atoms with van der Waals surface area (Å²) >= 11 is 0. The Morgan fingerprint density at radius 3 is 2.26 bits per heavy atom. The third kappa shape index (κ3) is 6.72. The number of halogens is 6. The average Bonchev–Trinajstić information content (AvgIpc) is 3.57. The fourth-order valence-electron chi connectivity index (χ4n) is 4.67. The van der Waals surface area contributed by atoms with Crippen LogP contribution in [0.4, 0.5) is 36.8 Å². The molecule has 0 radical (unpaired) electrons. The summed E-state index contributed by atoms with van der Waals surface area (Å²) in [5, 5.41) is 3.50. The number of pyridine rings is 1. The van der Waals surface area contributed by atoms with Crippen molar-refractivity contribution in [2.45, 2.75) is 19.1 Å². The monoisotopic (exact) mass is 651 g/mol. The highest BCUT2D eigenvalue weighted by molar-refractivity contribution is 6.00. The maximum Gasteiger partial charge on any atom is 0.573 e. The minimum atomic E-state index is -5.44. The third-order valence-corrected chi connectivity index (χ3v) is 6.71. The van der Waals surface area contributed by atoms with Crippen LogP contribution in [0.3, 0.4) is 0 Å². The van der Waals surface area contributed by atoms with Gasteiger partial charge in [0.05, 0.1) is 26.3 Å². The molecule has 0 spiro atoms. The lowest BCUT2D eigenvalue weighted by molar-refractivity contribution is -0.274. The predicted octanol–water partition coefficient (Wildman–Crippen LogP) is 6.69. The molecular formula is C29H23F6N5O6. The first kappa shape index (κ1) is 31.8. The Bertz CT molecular complexity index is 1920. The molecule has 0 aliphatic carbocycles. The van der Waals surface area contributed by atoms with Gasteiger partial charge in [-0.3, -0.25) is 0 Å². The van der Waals surface area contributed by atoms with Crippen molar-refractivity contribution >= 4 is 39.6 Å². The number of urea groups is 1. The van der Waals surface area contributed by atoms with Crippen LogP contribution in [0.25, 0.3) is 33.2 Å². The van der Waals surface area contributed by atoms with Crippen LogP contribution in [0, 0.1) is 0 Å². The molecule has 5 rings (SSSR count). The van der Waals surface area contributed by atoms with E-state index in [0.29, 0.717) is 28.2 Å². The minimum Gasteiger partial charge on any atom is -0.493 e. The Hall–Kier alpha value is -5.61. The second-order valence-electron chi connectivity index (χ2n) is 9.71. The molecule has 0 aliphatic rings. The Balaban J connectivity index is 1.47. The van der Waals surface area contributed by atoms with Crippen molar-refractivity contribution in [1.82, 2.24) is 19.6 Å². The normalized spacial score (nSPS) is 11.8. The first-order chi connectivity index (χ1) is 21.7. The van der Waals surface area contributed by atoms with Gasteiger partial charge in [-0.25, -0.2) is 14.6 Å². The van der Waals surface area contributed by atoms with Crippen molar-refractivity contribution < 1.29 is 55.0 Å². The van der Waals surface area contributed by atoms with Crippen LogP contribution < -0.4 is 19.5 Å². The Morgan fingerprint density at radius 2 is 1.63 bits per heavy atom. The summed E-state index contributed by atoms with van der Waals surface area (Å²) in [4.78, 5) is 36.6. The van der Waals surface area contributed by atoms with E-state index >= 15 is 0 Å². The topological polar surface area (TPSA) is 120 Å². The number of methoxy groups -OCH3 is 2. The van der Waals surface area contributed by atoms with Crippen LogP contribution in [0.15, 0.2) is 60.9 Å². The summed E-state index contributed by atoms with van der Waals surface area (Å²) in [5.74, 6) is -2.28. The van der Waals surface area contributed by atoms with Crippen molar-refractivity contribution in [3.05, 3.63) is 66.5 Å². The standard InChI is InChI=1S/C29H23F6N5O6/c1-39-14-20(19-11-23(43-2)24(44-3)12-22(19)39)21-10-18-15(8-9-36-25(18)38-21)13-40(46-26(41)28(30,31)32)27(42)37-16-4-6-17(7-5-16)45-29(33,34)35/h4-12,14H,13H2,1-3H3,(H,36,38)(H,37,42). The first-order valence-corrected chi connectivity index (χ1v) is 13.1. The molecule has 11 nitrogen and oxygen atoms in total. The van der Waals surface area contributed by atoms with Crippen molar-refractivity contribution in [3.8, 4) is 28.5 Å². The lowest BCUT2D eigenvalue weighted by Gasteiger charge is -2.22. The number of hydrogen-bond acceptors (Lipinski definition) is 7. The fourth-order valence-corrected chi connectivity index (χ4v) is 4.67. The van der Waals surface area contributed by atoms with E-state index in [1.165, 1.54) is 26.5 Å². The van der Waals surface area contributed by atoms with Gasteiger partial charge in [0.1, 0.15) is 11.4 Å². The van der Waals surface area contributed by atoms with E-state index in [0.717, 1.165) is 40.7 Å². The van der Waals surface area contributed by atoms with Gasteiger partial charge in [0.15, 0.2) is 11.5 Å². The van der Waals surface area contributed by atoms with Gasteiger partial charge >= 0.3 is 24.5 Å². The molecule has 2 amide bonds. The molecule has 242 valence electrons. The molecule has 3 heterocycles. The van der Waals surface area contributed by atoms with Gasteiger partial charge in [-0.15, -0.1) is 18.2 Å². The second-order valence-corrected chi connectivity index (χ2v) is 9.71. The van der Waals surface area contributed by atoms with Gasteiger partial charge in [0.25, 0.3) is 0 Å². The van der Waals surface area contributed by atoms with Gasteiger partial charge in [-0.1, -0.05) is 0 Å². The number of aromatic amines is 1. The number of aromatic nitrogens is 3. The second kappa shape index (κ2) is 12.1. The number of carbonyl (C=O) groups excluding carboxylic acids is 2. The maximum atomic E-state index is 13.1. The number of carbonyl (C=O) groups is 2. The molecule has 0 unspecified atom stereocenters. The van der Waals surface area contributed by atoms with Crippen LogP contribution in [0.2, 0.25) is 0 Å². The molecule has 0 saturated heterocycles. The highest BCUT2D eigenvalue weighted by atomic mass is 19.4. The molecule has 46 heavy (non-hydrogen) atoms. The van der Waals surface area contributed by atoms with Gasteiger partial charge < -0.3 is 33.9 Å². The van der Waals surface area contributed by atoms with Crippen LogP contribution in [-0.2, 0) is 23.2 Å². The molecule has 2 N–H and O–H groups in total. The van der Waals surface area contributed by atoms with E-state index in [9.17, 15) is 35.9 Å². The number of nitrogens with zero attached hydrogens (tertiary/aromatic N) is 3. The third-order valence-electron chi connectivity index (χ3n) is 6.71. The number of anilines is 1.